The van der Waals surface area contributed by atoms with E-state index >= 15 is 0 Å². The summed E-state index contributed by atoms with van der Waals surface area (Å²) in [5, 5.41) is 10.7. The minimum absolute atomic E-state index is 0.269. The second kappa shape index (κ2) is 5.02. The Morgan fingerprint density at radius 3 is 2.16 bits per heavy atom. The second-order valence-corrected chi connectivity index (χ2v) is 4.76. The second-order valence-electron chi connectivity index (χ2n) is 4.76. The molecule has 0 saturated carbocycles. The van der Waals surface area contributed by atoms with Gasteiger partial charge < -0.3 is 9.84 Å². The van der Waals surface area contributed by atoms with Crippen molar-refractivity contribution in [1.29, 1.82) is 0 Å². The van der Waals surface area contributed by atoms with Crippen LogP contribution >= 0.6 is 0 Å². The van der Waals surface area contributed by atoms with Crippen molar-refractivity contribution in [2.24, 2.45) is 0 Å². The van der Waals surface area contributed by atoms with Crippen molar-refractivity contribution in [3.05, 3.63) is 65.0 Å². The van der Waals surface area contributed by atoms with Crippen LogP contribution in [0.5, 0.6) is 5.75 Å². The van der Waals surface area contributed by atoms with E-state index in [1.54, 1.807) is 57.4 Å². The van der Waals surface area contributed by atoms with Crippen LogP contribution in [0, 0.1) is 12.7 Å². The van der Waals surface area contributed by atoms with Crippen LogP contribution in [0.3, 0.4) is 0 Å². The van der Waals surface area contributed by atoms with Crippen molar-refractivity contribution < 1.29 is 14.2 Å². The first-order valence-electron chi connectivity index (χ1n) is 6.08. The third-order valence-corrected chi connectivity index (χ3v) is 3.37. The summed E-state index contributed by atoms with van der Waals surface area (Å²) >= 11 is 0. The van der Waals surface area contributed by atoms with Gasteiger partial charge in [0.05, 0.1) is 7.11 Å². The third kappa shape index (κ3) is 2.61. The van der Waals surface area contributed by atoms with Crippen LogP contribution < -0.4 is 4.74 Å². The Kier molecular flexibility index (Phi) is 3.58. The van der Waals surface area contributed by atoms with E-state index in [-0.39, 0.29) is 5.82 Å². The number of methoxy groups -OCH3 is 1. The molecule has 0 aliphatic rings. The highest BCUT2D eigenvalue weighted by atomic mass is 19.1. The molecule has 2 aromatic rings. The van der Waals surface area contributed by atoms with Gasteiger partial charge in [-0.3, -0.25) is 0 Å². The van der Waals surface area contributed by atoms with Crippen molar-refractivity contribution in [3.8, 4) is 5.75 Å². The standard InChI is InChI=1S/C16H17FO2/c1-11-10-13(6-9-15(11)17)16(2,18)12-4-7-14(19-3)8-5-12/h4-10,18H,1-3H3. The van der Waals surface area contributed by atoms with E-state index in [1.807, 2.05) is 0 Å². The van der Waals surface area contributed by atoms with E-state index in [9.17, 15) is 9.50 Å². The van der Waals surface area contributed by atoms with Gasteiger partial charge in [0.25, 0.3) is 0 Å². The molecule has 1 atom stereocenters. The highest BCUT2D eigenvalue weighted by Crippen LogP contribution is 2.31. The van der Waals surface area contributed by atoms with E-state index in [0.717, 1.165) is 11.3 Å². The number of ether oxygens (including phenoxy) is 1. The van der Waals surface area contributed by atoms with Crippen molar-refractivity contribution in [2.75, 3.05) is 7.11 Å². The first-order valence-corrected chi connectivity index (χ1v) is 6.08. The lowest BCUT2D eigenvalue weighted by atomic mass is 9.87. The minimum atomic E-state index is -1.16. The average molecular weight is 260 g/mol. The lowest BCUT2D eigenvalue weighted by Crippen LogP contribution is -2.22. The summed E-state index contributed by atoms with van der Waals surface area (Å²) in [6, 6.07) is 11.8. The third-order valence-electron chi connectivity index (χ3n) is 3.37. The SMILES string of the molecule is COc1ccc(C(C)(O)c2ccc(F)c(C)c2)cc1. The Hall–Kier alpha value is -1.87. The molecule has 0 bridgehead atoms. The van der Waals surface area contributed by atoms with E-state index in [4.69, 9.17) is 4.74 Å². The largest absolute Gasteiger partial charge is 0.497 e. The van der Waals surface area contributed by atoms with Gasteiger partial charge >= 0.3 is 0 Å². The minimum Gasteiger partial charge on any atom is -0.497 e. The molecule has 2 rings (SSSR count). The molecule has 2 nitrogen and oxygen atoms in total. The Bertz CT molecular complexity index is 574. The summed E-state index contributed by atoms with van der Waals surface area (Å²) in [5.41, 5.74) is 0.757. The van der Waals surface area contributed by atoms with Crippen LogP contribution in [-0.2, 0) is 5.60 Å². The van der Waals surface area contributed by atoms with E-state index in [0.29, 0.717) is 11.1 Å². The predicted molar refractivity (Wildman–Crippen MR) is 72.8 cm³/mol. The Morgan fingerprint density at radius 1 is 1.05 bits per heavy atom. The lowest BCUT2D eigenvalue weighted by molar-refractivity contribution is 0.102. The van der Waals surface area contributed by atoms with Gasteiger partial charge in [-0.2, -0.15) is 0 Å². The molecule has 0 amide bonds. The quantitative estimate of drug-likeness (QED) is 0.916. The van der Waals surface area contributed by atoms with Gasteiger partial charge in [0.1, 0.15) is 17.2 Å². The fraction of sp³-hybridized carbons (Fsp3) is 0.250. The molecule has 0 heterocycles. The summed E-state index contributed by atoms with van der Waals surface area (Å²) < 4.78 is 18.4. The molecular formula is C16H17FO2. The molecule has 0 saturated heterocycles. The number of benzene rings is 2. The van der Waals surface area contributed by atoms with Crippen molar-refractivity contribution >= 4 is 0 Å². The lowest BCUT2D eigenvalue weighted by Gasteiger charge is -2.25. The molecule has 1 unspecified atom stereocenters. The van der Waals surface area contributed by atoms with Gasteiger partial charge in [0.2, 0.25) is 0 Å². The number of aliphatic hydroxyl groups is 1. The number of aryl methyl sites for hydroxylation is 1. The number of hydrogen-bond donors (Lipinski definition) is 1. The first kappa shape index (κ1) is 13.6. The maximum absolute atomic E-state index is 13.3. The Morgan fingerprint density at radius 2 is 1.63 bits per heavy atom. The summed E-state index contributed by atoms with van der Waals surface area (Å²) in [6.45, 7) is 3.38. The molecule has 3 heteroatoms. The van der Waals surface area contributed by atoms with Gasteiger partial charge in [0, 0.05) is 0 Å². The summed E-state index contributed by atoms with van der Waals surface area (Å²) in [5.74, 6) is 0.462. The summed E-state index contributed by atoms with van der Waals surface area (Å²) in [6.07, 6.45) is 0. The summed E-state index contributed by atoms with van der Waals surface area (Å²) in [7, 11) is 1.59. The number of hydrogen-bond acceptors (Lipinski definition) is 2. The van der Waals surface area contributed by atoms with Gasteiger partial charge in [-0.05, 0) is 54.8 Å². The monoisotopic (exact) mass is 260 g/mol. The average Bonchev–Trinajstić information content (AvgIpc) is 2.41. The molecule has 2 aromatic carbocycles. The van der Waals surface area contributed by atoms with Crippen LogP contribution in [0.25, 0.3) is 0 Å². The number of rotatable bonds is 3. The molecule has 0 aliphatic heterocycles. The van der Waals surface area contributed by atoms with Crippen LogP contribution in [0.2, 0.25) is 0 Å². The predicted octanol–water partition coefficient (Wildman–Crippen LogP) is 3.40. The van der Waals surface area contributed by atoms with Crippen LogP contribution in [0.4, 0.5) is 4.39 Å². The Labute approximate surface area is 112 Å². The van der Waals surface area contributed by atoms with Gasteiger partial charge in [0.15, 0.2) is 0 Å². The molecule has 1 N–H and O–H groups in total. The molecule has 19 heavy (non-hydrogen) atoms. The molecule has 0 aliphatic carbocycles. The maximum atomic E-state index is 13.3. The zero-order valence-electron chi connectivity index (χ0n) is 11.3. The molecule has 0 aromatic heterocycles. The molecular weight excluding hydrogens is 243 g/mol. The normalized spacial score (nSPS) is 13.9. The van der Waals surface area contributed by atoms with E-state index in [1.165, 1.54) is 6.07 Å². The van der Waals surface area contributed by atoms with Crippen LogP contribution in [-0.4, -0.2) is 12.2 Å². The van der Waals surface area contributed by atoms with Gasteiger partial charge in [-0.1, -0.05) is 18.2 Å². The smallest absolute Gasteiger partial charge is 0.126 e. The van der Waals surface area contributed by atoms with Gasteiger partial charge in [-0.25, -0.2) is 4.39 Å². The molecule has 0 spiro atoms. The molecule has 0 radical (unpaired) electrons. The zero-order chi connectivity index (χ0) is 14.0. The van der Waals surface area contributed by atoms with Crippen LogP contribution in [0.15, 0.2) is 42.5 Å². The summed E-state index contributed by atoms with van der Waals surface area (Å²) in [4.78, 5) is 0. The highest BCUT2D eigenvalue weighted by Gasteiger charge is 2.26. The van der Waals surface area contributed by atoms with Crippen LogP contribution in [0.1, 0.15) is 23.6 Å². The maximum Gasteiger partial charge on any atom is 0.126 e. The topological polar surface area (TPSA) is 29.5 Å². The molecule has 0 fully saturated rings. The van der Waals surface area contributed by atoms with E-state index < -0.39 is 5.60 Å². The fourth-order valence-corrected chi connectivity index (χ4v) is 2.03. The fourth-order valence-electron chi connectivity index (χ4n) is 2.03. The zero-order valence-corrected chi connectivity index (χ0v) is 11.3. The first-order chi connectivity index (χ1) is 8.95. The van der Waals surface area contributed by atoms with Gasteiger partial charge in [-0.15, -0.1) is 0 Å². The molecule has 100 valence electrons. The number of halogens is 1. The van der Waals surface area contributed by atoms with Crippen molar-refractivity contribution in [1.82, 2.24) is 0 Å². The van der Waals surface area contributed by atoms with Crippen molar-refractivity contribution in [3.63, 3.8) is 0 Å². The van der Waals surface area contributed by atoms with Crippen molar-refractivity contribution in [2.45, 2.75) is 19.4 Å². The Balaban J connectivity index is 2.41. The van der Waals surface area contributed by atoms with E-state index in [2.05, 4.69) is 0 Å². The highest BCUT2D eigenvalue weighted by molar-refractivity contribution is 5.39.